The fourth-order valence-electron chi connectivity index (χ4n) is 3.04. The maximum Gasteiger partial charge on any atom is 0.410 e. The van der Waals surface area contributed by atoms with E-state index < -0.39 is 35.2 Å². The van der Waals surface area contributed by atoms with Crippen LogP contribution in [0.3, 0.4) is 0 Å². The summed E-state index contributed by atoms with van der Waals surface area (Å²) in [6.45, 7) is 4.90. The highest BCUT2D eigenvalue weighted by Gasteiger charge is 2.45. The van der Waals surface area contributed by atoms with Crippen molar-refractivity contribution in [2.24, 2.45) is 0 Å². The van der Waals surface area contributed by atoms with Crippen molar-refractivity contribution >= 4 is 34.7 Å². The Hall–Kier alpha value is -2.04. The van der Waals surface area contributed by atoms with Crippen LogP contribution in [0.15, 0.2) is 41.3 Å². The first-order chi connectivity index (χ1) is 13.4. The Balaban J connectivity index is 2.43. The van der Waals surface area contributed by atoms with Gasteiger partial charge in [-0.05, 0) is 50.1 Å². The van der Waals surface area contributed by atoms with Crippen LogP contribution in [0.4, 0.5) is 18.9 Å². The number of rotatable bonds is 7. The number of benzene rings is 2. The molecule has 2 aromatic rings. The van der Waals surface area contributed by atoms with Crippen LogP contribution in [0.25, 0.3) is 0 Å². The highest BCUT2D eigenvalue weighted by molar-refractivity contribution is 7.99. The van der Waals surface area contributed by atoms with E-state index in [4.69, 9.17) is 5.11 Å². The average Bonchev–Trinajstić information content (AvgIpc) is 2.58. The molecule has 0 amide bonds. The standard InChI is InChI=1S/C19H20F3NO4S2/c1-11-7-12(2)17(13(3)8-11)23(29(26)27)16(19(20,21)22)10-28-15-6-4-5-14(9-15)18(24)25/h4-9,16H,10H2,1-3H3,(H,24,25)(H,26,27)/p-1. The van der Waals surface area contributed by atoms with E-state index in [1.165, 1.54) is 24.3 Å². The number of aromatic carboxylic acids is 1. The van der Waals surface area contributed by atoms with E-state index in [9.17, 15) is 26.7 Å². The SMILES string of the molecule is Cc1cc(C)c(N(C(CSc2cccc(C(=O)O)c2)C(F)(F)F)S(=O)[O-])c(C)c1. The number of carbonyl (C=O) groups is 1. The average molecular weight is 446 g/mol. The van der Waals surface area contributed by atoms with Crippen molar-refractivity contribution in [2.45, 2.75) is 37.9 Å². The molecule has 2 rings (SSSR count). The molecule has 29 heavy (non-hydrogen) atoms. The van der Waals surface area contributed by atoms with Crippen LogP contribution >= 0.6 is 11.8 Å². The number of carboxylic acid groups (broad SMARTS) is 1. The van der Waals surface area contributed by atoms with Gasteiger partial charge in [-0.15, -0.1) is 11.8 Å². The number of halogens is 3. The van der Waals surface area contributed by atoms with Crippen LogP contribution in [0, 0.1) is 20.8 Å². The molecule has 0 aliphatic carbocycles. The van der Waals surface area contributed by atoms with Gasteiger partial charge in [-0.3, -0.25) is 8.51 Å². The number of hydrogen-bond donors (Lipinski definition) is 1. The molecule has 5 nitrogen and oxygen atoms in total. The lowest BCUT2D eigenvalue weighted by molar-refractivity contribution is -0.140. The molecule has 0 saturated carbocycles. The fraction of sp³-hybridized carbons (Fsp3) is 0.316. The van der Waals surface area contributed by atoms with Crippen LogP contribution in [0.1, 0.15) is 27.0 Å². The molecule has 2 unspecified atom stereocenters. The lowest BCUT2D eigenvalue weighted by atomic mass is 10.0. The molecule has 0 radical (unpaired) electrons. The van der Waals surface area contributed by atoms with Gasteiger partial charge >= 0.3 is 12.1 Å². The molecular formula is C19H19F3NO4S2-. The summed E-state index contributed by atoms with van der Waals surface area (Å²) in [4.78, 5) is 11.4. The summed E-state index contributed by atoms with van der Waals surface area (Å²) in [5.41, 5.74) is 1.57. The van der Waals surface area contributed by atoms with Crippen molar-refractivity contribution in [1.82, 2.24) is 0 Å². The van der Waals surface area contributed by atoms with Crippen LogP contribution in [-0.2, 0) is 11.3 Å². The quantitative estimate of drug-likeness (QED) is 0.495. The summed E-state index contributed by atoms with van der Waals surface area (Å²) in [5.74, 6) is -1.83. The van der Waals surface area contributed by atoms with Crippen LogP contribution in [0.5, 0.6) is 0 Å². The number of anilines is 1. The first-order valence-electron chi connectivity index (χ1n) is 8.41. The Morgan fingerprint density at radius 2 is 1.79 bits per heavy atom. The zero-order valence-electron chi connectivity index (χ0n) is 15.8. The van der Waals surface area contributed by atoms with Gasteiger partial charge in [0.2, 0.25) is 0 Å². The number of aryl methyl sites for hydroxylation is 3. The van der Waals surface area contributed by atoms with E-state index >= 15 is 0 Å². The van der Waals surface area contributed by atoms with E-state index in [0.717, 1.165) is 17.3 Å². The molecule has 0 bridgehead atoms. The second-order valence-electron chi connectivity index (χ2n) is 6.49. The molecule has 0 fully saturated rings. The van der Waals surface area contributed by atoms with E-state index in [1.54, 1.807) is 32.9 Å². The van der Waals surface area contributed by atoms with Gasteiger partial charge in [0.1, 0.15) is 6.04 Å². The lowest BCUT2D eigenvalue weighted by Gasteiger charge is -2.37. The van der Waals surface area contributed by atoms with Crippen molar-refractivity contribution in [3.8, 4) is 0 Å². The van der Waals surface area contributed by atoms with Crippen LogP contribution in [-0.4, -0.2) is 37.8 Å². The smallest absolute Gasteiger partial charge is 0.410 e. The Morgan fingerprint density at radius 3 is 2.28 bits per heavy atom. The normalized spacial score (nSPS) is 13.8. The summed E-state index contributed by atoms with van der Waals surface area (Å²) in [6, 6.07) is 6.40. The van der Waals surface area contributed by atoms with Crippen molar-refractivity contribution in [3.05, 3.63) is 58.7 Å². The Labute approximate surface area is 173 Å². The number of hydrogen-bond acceptors (Lipinski definition) is 4. The minimum absolute atomic E-state index is 0.00820. The molecule has 10 heteroatoms. The van der Waals surface area contributed by atoms with Crippen molar-refractivity contribution in [1.29, 1.82) is 0 Å². The first-order valence-corrected chi connectivity index (χ1v) is 10.4. The first kappa shape index (κ1) is 23.2. The largest absolute Gasteiger partial charge is 0.755 e. The molecular weight excluding hydrogens is 427 g/mol. The van der Waals surface area contributed by atoms with E-state index in [1.807, 2.05) is 0 Å². The Bertz CT molecular complexity index is 911. The van der Waals surface area contributed by atoms with E-state index in [0.29, 0.717) is 20.3 Å². The molecule has 0 aliphatic rings. The third-order valence-electron chi connectivity index (χ3n) is 4.17. The van der Waals surface area contributed by atoms with Crippen molar-refractivity contribution in [3.63, 3.8) is 0 Å². The van der Waals surface area contributed by atoms with Gasteiger partial charge in [0.05, 0.1) is 11.3 Å². The van der Waals surface area contributed by atoms with Gasteiger partial charge in [0.15, 0.2) is 0 Å². The maximum absolute atomic E-state index is 13.8. The van der Waals surface area contributed by atoms with Gasteiger partial charge < -0.3 is 9.66 Å². The van der Waals surface area contributed by atoms with Gasteiger partial charge in [-0.25, -0.2) is 4.79 Å². The Morgan fingerprint density at radius 1 is 1.21 bits per heavy atom. The zero-order chi connectivity index (χ0) is 21.9. The second kappa shape index (κ2) is 9.19. The van der Waals surface area contributed by atoms with Crippen LogP contribution in [0.2, 0.25) is 0 Å². The molecule has 1 N–H and O–H groups in total. The lowest BCUT2D eigenvalue weighted by Crippen LogP contribution is -2.49. The van der Waals surface area contributed by atoms with E-state index in [2.05, 4.69) is 0 Å². The molecule has 158 valence electrons. The van der Waals surface area contributed by atoms with Crippen molar-refractivity contribution in [2.75, 3.05) is 10.1 Å². The number of alkyl halides is 3. The highest BCUT2D eigenvalue weighted by atomic mass is 32.2. The van der Waals surface area contributed by atoms with Gasteiger partial charge in [-0.1, -0.05) is 23.8 Å². The minimum Gasteiger partial charge on any atom is -0.755 e. The molecule has 0 heterocycles. The second-order valence-corrected chi connectivity index (χ2v) is 8.41. The predicted octanol–water partition coefficient (Wildman–Crippen LogP) is 4.63. The van der Waals surface area contributed by atoms with Crippen molar-refractivity contribution < 1.29 is 31.8 Å². The molecule has 2 atom stereocenters. The minimum atomic E-state index is -4.83. The third-order valence-corrected chi connectivity index (χ3v) is 5.99. The van der Waals surface area contributed by atoms with Crippen LogP contribution < -0.4 is 4.31 Å². The number of nitrogens with zero attached hydrogens (tertiary/aromatic N) is 1. The summed E-state index contributed by atoms with van der Waals surface area (Å²) in [7, 11) is 0. The zero-order valence-corrected chi connectivity index (χ0v) is 17.5. The van der Waals surface area contributed by atoms with Gasteiger partial charge in [-0.2, -0.15) is 13.2 Å². The van der Waals surface area contributed by atoms with E-state index in [-0.39, 0.29) is 11.3 Å². The molecule has 2 aromatic carbocycles. The highest BCUT2D eigenvalue weighted by Crippen LogP contribution is 2.37. The predicted molar refractivity (Wildman–Crippen MR) is 106 cm³/mol. The summed E-state index contributed by atoms with van der Waals surface area (Å²) in [6.07, 6.45) is -4.83. The molecule has 0 aliphatic heterocycles. The Kier molecular flexibility index (Phi) is 7.36. The number of carboxylic acids is 1. The fourth-order valence-corrected chi connectivity index (χ4v) is 5.05. The third kappa shape index (κ3) is 5.74. The summed E-state index contributed by atoms with van der Waals surface area (Å²) in [5, 5.41) is 9.03. The van der Waals surface area contributed by atoms with Gasteiger partial charge in [0.25, 0.3) is 0 Å². The monoisotopic (exact) mass is 446 g/mol. The van der Waals surface area contributed by atoms with Gasteiger partial charge in [0, 0.05) is 21.9 Å². The number of thioether (sulfide) groups is 1. The topological polar surface area (TPSA) is 80.7 Å². The summed E-state index contributed by atoms with van der Waals surface area (Å²) < 4.78 is 65.6. The maximum atomic E-state index is 13.8. The molecule has 0 aromatic heterocycles. The molecule has 0 saturated heterocycles. The molecule has 0 spiro atoms. The summed E-state index contributed by atoms with van der Waals surface area (Å²) >= 11 is -2.43.